The van der Waals surface area contributed by atoms with Crippen molar-refractivity contribution in [1.29, 1.82) is 0 Å². The van der Waals surface area contributed by atoms with Gasteiger partial charge in [-0.1, -0.05) is 12.1 Å². The molecule has 0 saturated heterocycles. The van der Waals surface area contributed by atoms with Crippen molar-refractivity contribution in [1.82, 2.24) is 4.98 Å². The molecule has 0 aliphatic heterocycles. The molecule has 3 nitrogen and oxygen atoms in total. The molecule has 0 aliphatic carbocycles. The summed E-state index contributed by atoms with van der Waals surface area (Å²) in [6.07, 6.45) is 0.469. The molecule has 0 aliphatic rings. The molecule has 2 rings (SSSR count). The molecule has 0 amide bonds. The van der Waals surface area contributed by atoms with Crippen molar-refractivity contribution >= 4 is 17.9 Å². The van der Waals surface area contributed by atoms with E-state index in [1.165, 1.54) is 18.2 Å². The number of carbonyl (C=O) groups is 1. The third-order valence-electron chi connectivity index (χ3n) is 1.86. The number of aromatic nitrogens is 1. The molecule has 15 heavy (non-hydrogen) atoms. The maximum absolute atomic E-state index is 13.4. The van der Waals surface area contributed by atoms with Gasteiger partial charge in [0.1, 0.15) is 5.82 Å². The predicted molar refractivity (Wildman–Crippen MR) is 52.3 cm³/mol. The van der Waals surface area contributed by atoms with Gasteiger partial charge < -0.3 is 4.42 Å². The van der Waals surface area contributed by atoms with E-state index in [1.807, 2.05) is 0 Å². The summed E-state index contributed by atoms with van der Waals surface area (Å²) >= 11 is 5.49. The molecule has 76 valence electrons. The topological polar surface area (TPSA) is 43.1 Å². The summed E-state index contributed by atoms with van der Waals surface area (Å²) in [4.78, 5) is 14.2. The summed E-state index contributed by atoms with van der Waals surface area (Å²) < 4.78 is 18.3. The molecule has 0 radical (unpaired) electrons. The van der Waals surface area contributed by atoms with E-state index in [0.717, 1.165) is 0 Å². The van der Waals surface area contributed by atoms with Crippen LogP contribution >= 0.6 is 11.6 Å². The maximum Gasteiger partial charge on any atom is 0.293 e. The van der Waals surface area contributed by atoms with E-state index >= 15 is 0 Å². The van der Waals surface area contributed by atoms with Crippen LogP contribution in [0.25, 0.3) is 11.3 Å². The molecular formula is C10H5ClFNO2. The smallest absolute Gasteiger partial charge is 0.293 e. The molecule has 0 unspecified atom stereocenters. The van der Waals surface area contributed by atoms with Gasteiger partial charge in [-0.05, 0) is 23.7 Å². The Labute approximate surface area is 89.5 Å². The number of oxazole rings is 1. The van der Waals surface area contributed by atoms with E-state index < -0.39 is 5.82 Å². The van der Waals surface area contributed by atoms with E-state index in [-0.39, 0.29) is 22.4 Å². The minimum absolute atomic E-state index is 0.00917. The molecule has 0 saturated carbocycles. The van der Waals surface area contributed by atoms with E-state index in [0.29, 0.717) is 6.29 Å². The molecule has 0 spiro atoms. The number of aldehydes is 1. The molecule has 2 aromatic rings. The Bertz CT molecular complexity index is 510. The van der Waals surface area contributed by atoms with Gasteiger partial charge >= 0.3 is 0 Å². The SMILES string of the molecule is O=Cc1nc(Cl)oc1-c1ccccc1F. The van der Waals surface area contributed by atoms with Crippen molar-refractivity contribution in [3.63, 3.8) is 0 Å². The first-order chi connectivity index (χ1) is 7.22. The number of benzene rings is 1. The highest BCUT2D eigenvalue weighted by atomic mass is 35.5. The molecule has 0 atom stereocenters. The van der Waals surface area contributed by atoms with Crippen LogP contribution in [0.3, 0.4) is 0 Å². The number of nitrogens with zero attached hydrogens (tertiary/aromatic N) is 1. The standard InChI is InChI=1S/C10H5ClFNO2/c11-10-13-8(5-14)9(15-10)6-3-1-2-4-7(6)12/h1-5H. The average Bonchev–Trinajstić information content (AvgIpc) is 2.60. The number of hydrogen-bond donors (Lipinski definition) is 0. The first-order valence-electron chi connectivity index (χ1n) is 4.09. The zero-order valence-electron chi connectivity index (χ0n) is 7.41. The number of rotatable bonds is 2. The lowest BCUT2D eigenvalue weighted by Crippen LogP contribution is -1.87. The van der Waals surface area contributed by atoms with Crippen LogP contribution in [0.5, 0.6) is 0 Å². The fourth-order valence-corrected chi connectivity index (χ4v) is 1.39. The first kappa shape index (κ1) is 9.86. The van der Waals surface area contributed by atoms with Crippen LogP contribution in [0.2, 0.25) is 5.35 Å². The van der Waals surface area contributed by atoms with E-state index in [4.69, 9.17) is 16.0 Å². The van der Waals surface area contributed by atoms with Gasteiger partial charge in [-0.3, -0.25) is 4.79 Å². The van der Waals surface area contributed by atoms with Gasteiger partial charge in [0.05, 0.1) is 5.56 Å². The van der Waals surface area contributed by atoms with Crippen LogP contribution in [0, 0.1) is 5.82 Å². The number of hydrogen-bond acceptors (Lipinski definition) is 3. The molecule has 1 aromatic carbocycles. The molecule has 5 heteroatoms. The molecular weight excluding hydrogens is 221 g/mol. The van der Waals surface area contributed by atoms with Crippen molar-refractivity contribution in [2.75, 3.05) is 0 Å². The predicted octanol–water partition coefficient (Wildman–Crippen LogP) is 2.95. The second kappa shape index (κ2) is 3.82. The lowest BCUT2D eigenvalue weighted by atomic mass is 10.1. The highest BCUT2D eigenvalue weighted by Gasteiger charge is 2.16. The molecule has 1 heterocycles. The monoisotopic (exact) mass is 225 g/mol. The van der Waals surface area contributed by atoms with E-state index in [2.05, 4.69) is 4.98 Å². The van der Waals surface area contributed by atoms with Gasteiger partial charge in [-0.15, -0.1) is 0 Å². The second-order valence-corrected chi connectivity index (χ2v) is 3.10. The Morgan fingerprint density at radius 2 is 2.13 bits per heavy atom. The Kier molecular flexibility index (Phi) is 2.51. The highest BCUT2D eigenvalue weighted by Crippen LogP contribution is 2.27. The van der Waals surface area contributed by atoms with Gasteiger partial charge in [-0.25, -0.2) is 4.39 Å². The van der Waals surface area contributed by atoms with Crippen LogP contribution in [0.1, 0.15) is 10.5 Å². The van der Waals surface area contributed by atoms with Crippen LogP contribution in [-0.2, 0) is 0 Å². The average molecular weight is 226 g/mol. The van der Waals surface area contributed by atoms with Gasteiger partial charge in [0.25, 0.3) is 5.35 Å². The van der Waals surface area contributed by atoms with E-state index in [9.17, 15) is 9.18 Å². The summed E-state index contributed by atoms with van der Waals surface area (Å²) in [5, 5.41) is -0.185. The largest absolute Gasteiger partial charge is 0.427 e. The van der Waals surface area contributed by atoms with Crippen LogP contribution in [0.15, 0.2) is 28.7 Å². The van der Waals surface area contributed by atoms with Crippen molar-refractivity contribution in [2.24, 2.45) is 0 Å². The summed E-state index contributed by atoms with van der Waals surface area (Å²) in [7, 11) is 0. The fourth-order valence-electron chi connectivity index (χ4n) is 1.22. The lowest BCUT2D eigenvalue weighted by molar-refractivity contribution is 0.112. The van der Waals surface area contributed by atoms with Gasteiger partial charge in [0.2, 0.25) is 0 Å². The summed E-state index contributed by atoms with van der Waals surface area (Å²) in [6.45, 7) is 0. The summed E-state index contributed by atoms with van der Waals surface area (Å²) in [5.41, 5.74) is 0.157. The first-order valence-corrected chi connectivity index (χ1v) is 4.46. The molecule has 0 bridgehead atoms. The van der Waals surface area contributed by atoms with Crippen LogP contribution < -0.4 is 0 Å². The third-order valence-corrected chi connectivity index (χ3v) is 2.02. The van der Waals surface area contributed by atoms with Gasteiger partial charge in [-0.2, -0.15) is 4.98 Å². The van der Waals surface area contributed by atoms with Gasteiger partial charge in [0, 0.05) is 0 Å². The Morgan fingerprint density at radius 3 is 2.80 bits per heavy atom. The van der Waals surface area contributed by atoms with E-state index in [1.54, 1.807) is 6.07 Å². The van der Waals surface area contributed by atoms with Crippen molar-refractivity contribution in [3.05, 3.63) is 41.1 Å². The Balaban J connectivity index is 2.63. The normalized spacial score (nSPS) is 10.3. The highest BCUT2D eigenvalue weighted by molar-refractivity contribution is 6.28. The fraction of sp³-hybridized carbons (Fsp3) is 0. The van der Waals surface area contributed by atoms with Crippen molar-refractivity contribution < 1.29 is 13.6 Å². The quantitative estimate of drug-likeness (QED) is 0.738. The zero-order chi connectivity index (χ0) is 10.8. The lowest BCUT2D eigenvalue weighted by Gasteiger charge is -1.97. The minimum Gasteiger partial charge on any atom is -0.427 e. The number of halogens is 2. The molecule has 1 aromatic heterocycles. The second-order valence-electron chi connectivity index (χ2n) is 2.78. The molecule has 0 fully saturated rings. The summed E-state index contributed by atoms with van der Waals surface area (Å²) in [6, 6.07) is 5.92. The van der Waals surface area contributed by atoms with Crippen molar-refractivity contribution in [2.45, 2.75) is 0 Å². The Morgan fingerprint density at radius 1 is 1.40 bits per heavy atom. The third kappa shape index (κ3) is 1.76. The maximum atomic E-state index is 13.4. The van der Waals surface area contributed by atoms with Crippen LogP contribution in [0.4, 0.5) is 4.39 Å². The molecule has 0 N–H and O–H groups in total. The van der Waals surface area contributed by atoms with Gasteiger partial charge in [0.15, 0.2) is 17.7 Å². The Hall–Kier alpha value is -1.68. The zero-order valence-corrected chi connectivity index (χ0v) is 8.16. The van der Waals surface area contributed by atoms with Crippen molar-refractivity contribution in [3.8, 4) is 11.3 Å². The summed E-state index contributed by atoms with van der Waals surface area (Å²) in [5.74, 6) is -0.443. The van der Waals surface area contributed by atoms with Crippen LogP contribution in [-0.4, -0.2) is 11.3 Å². The minimum atomic E-state index is -0.492. The number of carbonyl (C=O) groups excluding carboxylic acids is 1.